The van der Waals surface area contributed by atoms with E-state index < -0.39 is 11.6 Å². The van der Waals surface area contributed by atoms with Gasteiger partial charge in [0.15, 0.2) is 11.6 Å². The SMILES string of the molecule is NC1CN(Cc2ccccc2)Cc2c1ccc(F)c2F. The molecule has 1 aliphatic heterocycles. The Kier molecular flexibility index (Phi) is 3.51. The zero-order valence-electron chi connectivity index (χ0n) is 11.0. The molecule has 2 aromatic carbocycles. The van der Waals surface area contributed by atoms with Crippen LogP contribution in [0.25, 0.3) is 0 Å². The Hall–Kier alpha value is -1.78. The number of nitrogens with two attached hydrogens (primary N) is 1. The van der Waals surface area contributed by atoms with Crippen molar-refractivity contribution in [3.8, 4) is 0 Å². The number of benzene rings is 2. The van der Waals surface area contributed by atoms with Crippen molar-refractivity contribution in [1.29, 1.82) is 0 Å². The Morgan fingerprint density at radius 1 is 1.10 bits per heavy atom. The first kappa shape index (κ1) is 13.2. The topological polar surface area (TPSA) is 29.3 Å². The monoisotopic (exact) mass is 274 g/mol. The van der Waals surface area contributed by atoms with Crippen LogP contribution < -0.4 is 5.73 Å². The fourth-order valence-corrected chi connectivity index (χ4v) is 2.74. The standard InChI is InChI=1S/C16H16F2N2/c17-14-7-6-12-13(16(14)18)9-20(10-15(12)19)8-11-4-2-1-3-5-11/h1-7,15H,8-10,19H2. The highest BCUT2D eigenvalue weighted by Gasteiger charge is 2.26. The molecule has 2 nitrogen and oxygen atoms in total. The van der Waals surface area contributed by atoms with Crippen LogP contribution in [0.5, 0.6) is 0 Å². The van der Waals surface area contributed by atoms with Gasteiger partial charge in [0.05, 0.1) is 0 Å². The lowest BCUT2D eigenvalue weighted by molar-refractivity contribution is 0.217. The zero-order chi connectivity index (χ0) is 14.1. The normalized spacial score (nSPS) is 18.9. The molecule has 104 valence electrons. The molecule has 1 atom stereocenters. The van der Waals surface area contributed by atoms with Gasteiger partial charge in [-0.1, -0.05) is 36.4 Å². The molecule has 2 aromatic rings. The van der Waals surface area contributed by atoms with Crippen molar-refractivity contribution in [3.63, 3.8) is 0 Å². The molecule has 0 aromatic heterocycles. The number of hydrogen-bond donors (Lipinski definition) is 1. The summed E-state index contributed by atoms with van der Waals surface area (Å²) in [4.78, 5) is 2.05. The summed E-state index contributed by atoms with van der Waals surface area (Å²) in [7, 11) is 0. The van der Waals surface area contributed by atoms with Crippen LogP contribution in [0.2, 0.25) is 0 Å². The highest BCUT2D eigenvalue weighted by Crippen LogP contribution is 2.29. The van der Waals surface area contributed by atoms with Crippen LogP contribution in [-0.4, -0.2) is 11.4 Å². The van der Waals surface area contributed by atoms with Crippen LogP contribution in [0.3, 0.4) is 0 Å². The van der Waals surface area contributed by atoms with Crippen LogP contribution in [0.1, 0.15) is 22.7 Å². The maximum absolute atomic E-state index is 13.9. The van der Waals surface area contributed by atoms with Gasteiger partial charge in [0.1, 0.15) is 0 Å². The van der Waals surface area contributed by atoms with Crippen LogP contribution in [-0.2, 0) is 13.1 Å². The number of halogens is 2. The molecule has 0 spiro atoms. The average molecular weight is 274 g/mol. The summed E-state index contributed by atoms with van der Waals surface area (Å²) in [6, 6.07) is 12.4. The Balaban J connectivity index is 1.86. The minimum Gasteiger partial charge on any atom is -0.323 e. The molecule has 0 saturated heterocycles. The van der Waals surface area contributed by atoms with E-state index >= 15 is 0 Å². The molecule has 0 radical (unpaired) electrons. The summed E-state index contributed by atoms with van der Waals surface area (Å²) in [6.45, 7) is 1.72. The first-order chi connectivity index (χ1) is 9.65. The molecular weight excluding hydrogens is 258 g/mol. The summed E-state index contributed by atoms with van der Waals surface area (Å²) >= 11 is 0. The van der Waals surface area contributed by atoms with Gasteiger partial charge < -0.3 is 5.73 Å². The highest BCUT2D eigenvalue weighted by molar-refractivity contribution is 5.34. The maximum atomic E-state index is 13.9. The van der Waals surface area contributed by atoms with E-state index in [1.807, 2.05) is 35.2 Å². The van der Waals surface area contributed by atoms with E-state index in [9.17, 15) is 8.78 Å². The third-order valence-electron chi connectivity index (χ3n) is 3.72. The minimum atomic E-state index is -0.808. The maximum Gasteiger partial charge on any atom is 0.163 e. The van der Waals surface area contributed by atoms with Gasteiger partial charge in [0.2, 0.25) is 0 Å². The van der Waals surface area contributed by atoms with Gasteiger partial charge >= 0.3 is 0 Å². The molecule has 20 heavy (non-hydrogen) atoms. The molecule has 0 saturated carbocycles. The van der Waals surface area contributed by atoms with Crippen molar-refractivity contribution in [2.24, 2.45) is 5.73 Å². The molecule has 0 aliphatic carbocycles. The van der Waals surface area contributed by atoms with Crippen molar-refractivity contribution in [3.05, 3.63) is 70.8 Å². The Bertz CT molecular complexity index is 613. The Morgan fingerprint density at radius 3 is 2.60 bits per heavy atom. The van der Waals surface area contributed by atoms with Gasteiger partial charge in [-0.15, -0.1) is 0 Å². The second-order valence-electron chi connectivity index (χ2n) is 5.19. The fourth-order valence-electron chi connectivity index (χ4n) is 2.74. The minimum absolute atomic E-state index is 0.280. The number of rotatable bonds is 2. The third-order valence-corrected chi connectivity index (χ3v) is 3.72. The number of hydrogen-bond acceptors (Lipinski definition) is 2. The fraction of sp³-hybridized carbons (Fsp3) is 0.250. The van der Waals surface area contributed by atoms with E-state index in [2.05, 4.69) is 0 Å². The predicted octanol–water partition coefficient (Wildman–Crippen LogP) is 2.98. The van der Waals surface area contributed by atoms with Gasteiger partial charge in [-0.3, -0.25) is 4.90 Å². The van der Waals surface area contributed by atoms with E-state index in [4.69, 9.17) is 5.73 Å². The second-order valence-corrected chi connectivity index (χ2v) is 5.19. The van der Waals surface area contributed by atoms with Crippen LogP contribution in [0, 0.1) is 11.6 Å². The van der Waals surface area contributed by atoms with Crippen molar-refractivity contribution in [1.82, 2.24) is 4.90 Å². The van der Waals surface area contributed by atoms with E-state index in [-0.39, 0.29) is 6.04 Å². The predicted molar refractivity (Wildman–Crippen MR) is 73.8 cm³/mol. The van der Waals surface area contributed by atoms with Gasteiger partial charge in [0.25, 0.3) is 0 Å². The average Bonchev–Trinajstić information content (AvgIpc) is 2.44. The smallest absolute Gasteiger partial charge is 0.163 e. The molecule has 2 N–H and O–H groups in total. The molecule has 1 unspecified atom stereocenters. The van der Waals surface area contributed by atoms with Crippen LogP contribution in [0.4, 0.5) is 8.78 Å². The Labute approximate surface area is 116 Å². The quantitative estimate of drug-likeness (QED) is 0.912. The number of nitrogens with zero attached hydrogens (tertiary/aromatic N) is 1. The van der Waals surface area contributed by atoms with Gasteiger partial charge in [-0.2, -0.15) is 0 Å². The zero-order valence-corrected chi connectivity index (χ0v) is 11.0. The van der Waals surface area contributed by atoms with Gasteiger partial charge in [-0.25, -0.2) is 8.78 Å². The molecule has 0 fully saturated rings. The van der Waals surface area contributed by atoms with E-state index in [1.165, 1.54) is 0 Å². The second kappa shape index (κ2) is 5.31. The lowest BCUT2D eigenvalue weighted by atomic mass is 9.95. The number of fused-ring (bicyclic) bond motifs is 1. The summed E-state index contributed by atoms with van der Waals surface area (Å²) in [5, 5.41) is 0. The van der Waals surface area contributed by atoms with E-state index in [0.29, 0.717) is 30.8 Å². The summed E-state index contributed by atoms with van der Waals surface area (Å²) in [5.74, 6) is -1.58. The van der Waals surface area contributed by atoms with Crippen molar-refractivity contribution in [2.45, 2.75) is 19.1 Å². The lowest BCUT2D eigenvalue weighted by Gasteiger charge is -2.33. The van der Waals surface area contributed by atoms with Crippen molar-refractivity contribution < 1.29 is 8.78 Å². The van der Waals surface area contributed by atoms with Gasteiger partial charge in [0, 0.05) is 31.2 Å². The molecule has 3 rings (SSSR count). The molecule has 4 heteroatoms. The first-order valence-corrected chi connectivity index (χ1v) is 6.64. The van der Waals surface area contributed by atoms with Crippen LogP contribution in [0.15, 0.2) is 42.5 Å². The molecule has 0 amide bonds. The molecule has 0 bridgehead atoms. The highest BCUT2D eigenvalue weighted by atomic mass is 19.2. The summed E-state index contributed by atoms with van der Waals surface area (Å²) in [6.07, 6.45) is 0. The summed E-state index contributed by atoms with van der Waals surface area (Å²) < 4.78 is 27.3. The van der Waals surface area contributed by atoms with E-state index in [0.717, 1.165) is 11.6 Å². The molecule has 1 aliphatic rings. The van der Waals surface area contributed by atoms with Gasteiger partial charge in [-0.05, 0) is 17.2 Å². The van der Waals surface area contributed by atoms with Crippen molar-refractivity contribution >= 4 is 0 Å². The lowest BCUT2D eigenvalue weighted by Crippen LogP contribution is -2.37. The molecule has 1 heterocycles. The largest absolute Gasteiger partial charge is 0.323 e. The molecular formula is C16H16F2N2. The van der Waals surface area contributed by atoms with Crippen LogP contribution >= 0.6 is 0 Å². The summed E-state index contributed by atoms with van der Waals surface area (Å²) in [5.41, 5.74) is 8.32. The third kappa shape index (κ3) is 2.44. The Morgan fingerprint density at radius 2 is 1.85 bits per heavy atom. The van der Waals surface area contributed by atoms with E-state index in [1.54, 1.807) is 6.07 Å². The van der Waals surface area contributed by atoms with Crippen molar-refractivity contribution in [2.75, 3.05) is 6.54 Å². The first-order valence-electron chi connectivity index (χ1n) is 6.64.